The number of carbonyl (C=O) groups excluding carboxylic acids is 2. The van der Waals surface area contributed by atoms with E-state index in [1.165, 1.54) is 6.92 Å². The van der Waals surface area contributed by atoms with E-state index in [-0.39, 0.29) is 12.2 Å². The van der Waals surface area contributed by atoms with Crippen molar-refractivity contribution in [1.29, 1.82) is 0 Å². The molecule has 0 saturated heterocycles. The summed E-state index contributed by atoms with van der Waals surface area (Å²) >= 11 is 0. The molecule has 0 spiro atoms. The van der Waals surface area contributed by atoms with Crippen LogP contribution in [-0.4, -0.2) is 11.8 Å². The van der Waals surface area contributed by atoms with Gasteiger partial charge in [-0.05, 0) is 22.8 Å². The first-order valence-corrected chi connectivity index (χ1v) is 10.2. The Kier molecular flexibility index (Phi) is 6.04. The number of hydrogen-bond donors (Lipinski definition) is 0. The van der Waals surface area contributed by atoms with Gasteiger partial charge in [-0.3, -0.25) is 9.59 Å². The molecule has 3 heteroatoms. The van der Waals surface area contributed by atoms with Crippen LogP contribution in [0.2, 0.25) is 0 Å². The van der Waals surface area contributed by atoms with E-state index < -0.39 is 5.97 Å². The van der Waals surface area contributed by atoms with Gasteiger partial charge in [0.2, 0.25) is 0 Å². The minimum atomic E-state index is -0.423. The van der Waals surface area contributed by atoms with Crippen LogP contribution in [0.1, 0.15) is 30.0 Å². The highest BCUT2D eigenvalue weighted by molar-refractivity contribution is 6.35. The van der Waals surface area contributed by atoms with Crippen molar-refractivity contribution in [2.24, 2.45) is 0 Å². The Balaban J connectivity index is 1.93. The van der Waals surface area contributed by atoms with Crippen LogP contribution < -0.4 is 0 Å². The normalized spacial score (nSPS) is 15.5. The lowest BCUT2D eigenvalue weighted by molar-refractivity contribution is -0.136. The lowest BCUT2D eigenvalue weighted by Gasteiger charge is -2.12. The van der Waals surface area contributed by atoms with Crippen LogP contribution in [0, 0.1) is 0 Å². The smallest absolute Gasteiger partial charge is 0.308 e. The second kappa shape index (κ2) is 9.23. The van der Waals surface area contributed by atoms with Crippen LogP contribution in [0.3, 0.4) is 0 Å². The van der Waals surface area contributed by atoms with Crippen molar-refractivity contribution in [1.82, 2.24) is 0 Å². The minimum absolute atomic E-state index is 0.0119. The molecular formula is C28H22O3. The lowest BCUT2D eigenvalue weighted by atomic mass is 9.94. The molecular weight excluding hydrogens is 384 g/mol. The Morgan fingerprint density at radius 2 is 1.29 bits per heavy atom. The summed E-state index contributed by atoms with van der Waals surface area (Å²) in [6, 6.07) is 29.2. The number of hydrogen-bond acceptors (Lipinski definition) is 3. The number of rotatable bonds is 5. The molecule has 0 aliphatic heterocycles. The van der Waals surface area contributed by atoms with Gasteiger partial charge in [-0.25, -0.2) is 0 Å². The van der Waals surface area contributed by atoms with Crippen molar-refractivity contribution in [3.63, 3.8) is 0 Å². The van der Waals surface area contributed by atoms with Gasteiger partial charge in [0.05, 0.1) is 0 Å². The minimum Gasteiger partial charge on any atom is -0.426 e. The van der Waals surface area contributed by atoms with Crippen molar-refractivity contribution in [3.8, 4) is 0 Å². The van der Waals surface area contributed by atoms with Crippen LogP contribution in [0.4, 0.5) is 0 Å². The maximum Gasteiger partial charge on any atom is 0.308 e. The van der Waals surface area contributed by atoms with Crippen molar-refractivity contribution in [2.45, 2.75) is 13.3 Å². The molecule has 1 aliphatic rings. The van der Waals surface area contributed by atoms with E-state index in [1.54, 1.807) is 6.08 Å². The van der Waals surface area contributed by atoms with Gasteiger partial charge in [0, 0.05) is 30.1 Å². The highest BCUT2D eigenvalue weighted by atomic mass is 16.5. The second-order valence-electron chi connectivity index (χ2n) is 7.26. The van der Waals surface area contributed by atoms with Crippen LogP contribution in [0.5, 0.6) is 0 Å². The number of ether oxygens (including phenoxy) is 1. The SMILES string of the molecule is CC(=O)OC(/C=C/c1ccccc1)=C1/CC(=O)C(c2ccccc2)=C1c1ccccc1. The first-order chi connectivity index (χ1) is 15.1. The maximum absolute atomic E-state index is 13.2. The van der Waals surface area contributed by atoms with E-state index in [4.69, 9.17) is 4.74 Å². The predicted octanol–water partition coefficient (Wildman–Crippen LogP) is 6.10. The fourth-order valence-electron chi connectivity index (χ4n) is 3.76. The molecule has 0 radical (unpaired) electrons. The predicted molar refractivity (Wildman–Crippen MR) is 124 cm³/mol. The quantitative estimate of drug-likeness (QED) is 0.380. The first kappa shape index (κ1) is 20.3. The summed E-state index contributed by atoms with van der Waals surface area (Å²) in [5.41, 5.74) is 4.93. The Hall–Kier alpha value is -3.98. The fourth-order valence-corrected chi connectivity index (χ4v) is 3.76. The van der Waals surface area contributed by atoms with Crippen LogP contribution >= 0.6 is 0 Å². The van der Waals surface area contributed by atoms with E-state index in [1.807, 2.05) is 97.1 Å². The number of esters is 1. The standard InChI is InChI=1S/C28H22O3/c1-20(29)31-26(18-17-21-11-5-2-6-12-21)24-19-25(30)28(23-15-9-4-10-16-23)27(24)22-13-7-3-8-14-22/h2-18H,19H2,1H3/b18-17+,26-24-. The molecule has 0 atom stereocenters. The molecule has 4 rings (SSSR count). The van der Waals surface area contributed by atoms with Crippen molar-refractivity contribution >= 4 is 29.0 Å². The monoisotopic (exact) mass is 406 g/mol. The summed E-state index contributed by atoms with van der Waals surface area (Å²) in [6.45, 7) is 1.37. The van der Waals surface area contributed by atoms with Crippen LogP contribution in [0.25, 0.3) is 17.2 Å². The summed E-state index contributed by atoms with van der Waals surface area (Å²) in [4.78, 5) is 25.1. The van der Waals surface area contributed by atoms with Crippen LogP contribution in [0.15, 0.2) is 108 Å². The molecule has 3 aromatic carbocycles. The molecule has 152 valence electrons. The van der Waals surface area contributed by atoms with E-state index in [9.17, 15) is 9.59 Å². The molecule has 31 heavy (non-hydrogen) atoms. The number of Topliss-reactive ketones (excluding diaryl/α,β-unsaturated/α-hetero) is 1. The number of benzene rings is 3. The Morgan fingerprint density at radius 1 is 0.774 bits per heavy atom. The van der Waals surface area contributed by atoms with E-state index in [0.29, 0.717) is 11.3 Å². The first-order valence-electron chi connectivity index (χ1n) is 10.2. The molecule has 0 heterocycles. The molecule has 0 fully saturated rings. The molecule has 0 saturated carbocycles. The Bertz CT molecular complexity index is 1180. The largest absolute Gasteiger partial charge is 0.426 e. The van der Waals surface area contributed by atoms with Gasteiger partial charge in [-0.2, -0.15) is 0 Å². The topological polar surface area (TPSA) is 43.4 Å². The number of carbonyl (C=O) groups is 2. The molecule has 0 bridgehead atoms. The third-order valence-corrected chi connectivity index (χ3v) is 5.07. The van der Waals surface area contributed by atoms with E-state index >= 15 is 0 Å². The van der Waals surface area contributed by atoms with E-state index in [2.05, 4.69) is 0 Å². The third kappa shape index (κ3) is 4.62. The number of ketones is 1. The summed E-state index contributed by atoms with van der Waals surface area (Å²) < 4.78 is 5.61. The van der Waals surface area contributed by atoms with Crippen LogP contribution in [-0.2, 0) is 14.3 Å². The van der Waals surface area contributed by atoms with Gasteiger partial charge in [0.1, 0.15) is 5.76 Å². The fraction of sp³-hybridized carbons (Fsp3) is 0.0714. The molecule has 3 aromatic rings. The summed E-state index contributed by atoms with van der Waals surface area (Å²) in [6.07, 6.45) is 3.84. The summed E-state index contributed by atoms with van der Waals surface area (Å²) in [7, 11) is 0. The summed E-state index contributed by atoms with van der Waals surface area (Å²) in [5.74, 6) is -0.0134. The highest BCUT2D eigenvalue weighted by Crippen LogP contribution is 2.43. The molecule has 3 nitrogen and oxygen atoms in total. The van der Waals surface area contributed by atoms with E-state index in [0.717, 1.165) is 27.8 Å². The zero-order valence-electron chi connectivity index (χ0n) is 17.2. The van der Waals surface area contributed by atoms with Gasteiger partial charge < -0.3 is 4.74 Å². The summed E-state index contributed by atoms with van der Waals surface area (Å²) in [5, 5.41) is 0. The Labute approximate surface area is 182 Å². The van der Waals surface area contributed by atoms with Gasteiger partial charge in [-0.1, -0.05) is 97.1 Å². The number of allylic oxidation sites excluding steroid dienone is 4. The van der Waals surface area contributed by atoms with Crippen molar-refractivity contribution < 1.29 is 14.3 Å². The van der Waals surface area contributed by atoms with Gasteiger partial charge >= 0.3 is 5.97 Å². The van der Waals surface area contributed by atoms with Crippen molar-refractivity contribution in [2.75, 3.05) is 0 Å². The molecule has 0 N–H and O–H groups in total. The van der Waals surface area contributed by atoms with Gasteiger partial charge in [0.25, 0.3) is 0 Å². The zero-order chi connectivity index (χ0) is 21.6. The third-order valence-electron chi connectivity index (χ3n) is 5.07. The molecule has 0 aromatic heterocycles. The zero-order valence-corrected chi connectivity index (χ0v) is 17.2. The molecule has 0 unspecified atom stereocenters. The lowest BCUT2D eigenvalue weighted by Crippen LogP contribution is -2.02. The molecule has 0 amide bonds. The highest BCUT2D eigenvalue weighted by Gasteiger charge is 2.32. The average molecular weight is 406 g/mol. The second-order valence-corrected chi connectivity index (χ2v) is 7.26. The Morgan fingerprint density at radius 3 is 1.84 bits per heavy atom. The van der Waals surface area contributed by atoms with Gasteiger partial charge in [-0.15, -0.1) is 0 Å². The van der Waals surface area contributed by atoms with Gasteiger partial charge in [0.15, 0.2) is 5.78 Å². The maximum atomic E-state index is 13.2. The van der Waals surface area contributed by atoms with Crippen molar-refractivity contribution in [3.05, 3.63) is 125 Å². The molecule has 1 aliphatic carbocycles. The average Bonchev–Trinajstić information content (AvgIpc) is 3.15.